The van der Waals surface area contributed by atoms with Crippen molar-refractivity contribution in [1.29, 1.82) is 0 Å². The fourth-order valence-corrected chi connectivity index (χ4v) is 4.65. The molecule has 4 heterocycles. The Bertz CT molecular complexity index is 1160. The van der Waals surface area contributed by atoms with Crippen LogP contribution in [0.25, 0.3) is 5.69 Å². The quantitative estimate of drug-likeness (QED) is 0.656. The predicted molar refractivity (Wildman–Crippen MR) is 116 cm³/mol. The van der Waals surface area contributed by atoms with Gasteiger partial charge in [0, 0.05) is 43.7 Å². The van der Waals surface area contributed by atoms with Crippen molar-refractivity contribution in [1.82, 2.24) is 19.2 Å². The van der Waals surface area contributed by atoms with E-state index >= 15 is 0 Å². The van der Waals surface area contributed by atoms with Crippen LogP contribution in [0.1, 0.15) is 41.4 Å². The van der Waals surface area contributed by atoms with Crippen molar-refractivity contribution < 1.29 is 9.53 Å². The lowest BCUT2D eigenvalue weighted by Gasteiger charge is -2.43. The number of rotatable bonds is 3. The molecule has 2 aliphatic rings. The summed E-state index contributed by atoms with van der Waals surface area (Å²) in [4.78, 5) is 26.9. The lowest BCUT2D eigenvalue weighted by Crippen LogP contribution is -2.48. The number of likely N-dealkylation sites (tertiary alicyclic amines) is 1. The second kappa shape index (κ2) is 7.81. The number of piperidine rings is 1. The van der Waals surface area contributed by atoms with Crippen molar-refractivity contribution in [3.63, 3.8) is 0 Å². The largest absolute Gasteiger partial charge is 0.368 e. The number of pyridine rings is 1. The molecule has 2 aromatic heterocycles. The average Bonchev–Trinajstić information content (AvgIpc) is 3.26. The first-order valence-corrected chi connectivity index (χ1v) is 10.9. The number of carbonyl (C=O) groups is 1. The highest BCUT2D eigenvalue weighted by atomic mass is 16.5. The molecule has 1 saturated heterocycles. The number of fused-ring (bicyclic) bond motifs is 2. The second-order valence-corrected chi connectivity index (χ2v) is 8.21. The molecule has 7 nitrogen and oxygen atoms in total. The molecular weight excluding hydrogens is 392 g/mol. The van der Waals surface area contributed by atoms with Crippen LogP contribution in [0.3, 0.4) is 0 Å². The van der Waals surface area contributed by atoms with Crippen LogP contribution in [-0.4, -0.2) is 44.9 Å². The molecule has 1 spiro atoms. The van der Waals surface area contributed by atoms with Crippen LogP contribution in [0.15, 0.2) is 59.7 Å². The van der Waals surface area contributed by atoms with Gasteiger partial charge in [-0.2, -0.15) is 5.10 Å². The first-order valence-electron chi connectivity index (χ1n) is 10.9. The van der Waals surface area contributed by atoms with E-state index in [2.05, 4.69) is 6.20 Å². The molecule has 0 radical (unpaired) electrons. The summed E-state index contributed by atoms with van der Waals surface area (Å²) in [6, 6.07) is 13.3. The Balaban J connectivity index is 1.36. The number of amides is 1. The predicted octanol–water partition coefficient (Wildman–Crippen LogP) is 2.76. The van der Waals surface area contributed by atoms with Crippen LogP contribution in [-0.2, 0) is 23.3 Å². The highest BCUT2D eigenvalue weighted by Gasteiger charge is 2.44. The number of carbonyl (C=O) groups excluding carboxylic acids is 1. The molecule has 5 rings (SSSR count). The van der Waals surface area contributed by atoms with Gasteiger partial charge in [0.25, 0.3) is 11.5 Å². The zero-order valence-electron chi connectivity index (χ0n) is 17.7. The van der Waals surface area contributed by atoms with Crippen LogP contribution >= 0.6 is 0 Å². The normalized spacial score (nSPS) is 17.5. The Morgan fingerprint density at radius 3 is 2.65 bits per heavy atom. The number of nitrogens with zero attached hydrogens (tertiary/aromatic N) is 4. The Morgan fingerprint density at radius 1 is 1.16 bits per heavy atom. The van der Waals surface area contributed by atoms with E-state index in [9.17, 15) is 9.59 Å². The van der Waals surface area contributed by atoms with E-state index in [4.69, 9.17) is 9.84 Å². The van der Waals surface area contributed by atoms with Gasteiger partial charge in [-0.1, -0.05) is 18.2 Å². The summed E-state index contributed by atoms with van der Waals surface area (Å²) in [5.74, 6) is -0.0962. The maximum Gasteiger partial charge on any atom is 0.254 e. The third-order valence-electron chi connectivity index (χ3n) is 6.43. The molecule has 31 heavy (non-hydrogen) atoms. The van der Waals surface area contributed by atoms with Gasteiger partial charge in [0.2, 0.25) is 0 Å². The molecule has 0 unspecified atom stereocenters. The van der Waals surface area contributed by atoms with Gasteiger partial charge in [-0.15, -0.1) is 0 Å². The van der Waals surface area contributed by atoms with Crippen molar-refractivity contribution >= 4 is 5.91 Å². The average molecular weight is 418 g/mol. The van der Waals surface area contributed by atoms with Crippen LogP contribution in [0.2, 0.25) is 0 Å². The van der Waals surface area contributed by atoms with Crippen LogP contribution in [0.5, 0.6) is 0 Å². The van der Waals surface area contributed by atoms with Crippen molar-refractivity contribution in [2.75, 3.05) is 19.7 Å². The Labute approximate surface area is 180 Å². The van der Waals surface area contributed by atoms with Crippen LogP contribution < -0.4 is 5.56 Å². The number of aryl methyl sites for hydroxylation is 1. The summed E-state index contributed by atoms with van der Waals surface area (Å²) in [5, 5.41) is 4.90. The van der Waals surface area contributed by atoms with Crippen LogP contribution in [0, 0.1) is 0 Å². The number of aromatic nitrogens is 3. The maximum absolute atomic E-state index is 13.0. The number of ether oxygens (including phenoxy) is 1. The van der Waals surface area contributed by atoms with Gasteiger partial charge in [0.1, 0.15) is 5.60 Å². The zero-order chi connectivity index (χ0) is 21.4. The Hall–Kier alpha value is -3.19. The van der Waals surface area contributed by atoms with Gasteiger partial charge < -0.3 is 14.2 Å². The molecule has 0 aliphatic carbocycles. The first-order chi connectivity index (χ1) is 15.1. The molecule has 1 aromatic carbocycles. The highest BCUT2D eigenvalue weighted by molar-refractivity contribution is 5.94. The summed E-state index contributed by atoms with van der Waals surface area (Å²) in [6.45, 7) is 4.32. The third kappa shape index (κ3) is 3.49. The number of benzene rings is 1. The van der Waals surface area contributed by atoms with Gasteiger partial charge in [-0.05, 0) is 49.9 Å². The molecule has 1 fully saturated rings. The van der Waals surface area contributed by atoms with Gasteiger partial charge in [-0.25, -0.2) is 4.68 Å². The Kier molecular flexibility index (Phi) is 4.98. The highest BCUT2D eigenvalue weighted by Crippen LogP contribution is 2.41. The second-order valence-electron chi connectivity index (χ2n) is 8.21. The van der Waals surface area contributed by atoms with E-state index in [1.807, 2.05) is 46.8 Å². The van der Waals surface area contributed by atoms with Crippen molar-refractivity contribution in [3.8, 4) is 5.69 Å². The molecule has 2 aliphatic heterocycles. The molecule has 1 amide bonds. The monoisotopic (exact) mass is 418 g/mol. The maximum atomic E-state index is 13.0. The van der Waals surface area contributed by atoms with Crippen molar-refractivity contribution in [2.45, 2.75) is 38.3 Å². The van der Waals surface area contributed by atoms with E-state index < -0.39 is 5.60 Å². The van der Waals surface area contributed by atoms with Gasteiger partial charge in [-0.3, -0.25) is 9.59 Å². The molecule has 3 aromatic rings. The molecule has 0 atom stereocenters. The SMILES string of the molecule is CCn1ccc(C(=O)N2CCC3(CC2)OCCc2cn(-c4ccccc4)nc23)cc1=O. The van der Waals surface area contributed by atoms with Crippen LogP contribution in [0.4, 0.5) is 0 Å². The van der Waals surface area contributed by atoms with Gasteiger partial charge >= 0.3 is 0 Å². The topological polar surface area (TPSA) is 69.4 Å². The van der Waals surface area contributed by atoms with E-state index in [-0.39, 0.29) is 11.5 Å². The lowest BCUT2D eigenvalue weighted by atomic mass is 9.83. The van der Waals surface area contributed by atoms with Gasteiger partial charge in [0.05, 0.1) is 18.0 Å². The standard InChI is InChI=1S/C24H26N4O3/c1-2-26-12-8-18(16-21(26)29)23(30)27-13-10-24(11-14-27)22-19(9-15-31-24)17-28(25-22)20-6-4-3-5-7-20/h3-8,12,16-17H,2,9-11,13-15H2,1H3. The number of hydrogen-bond donors (Lipinski definition) is 0. The summed E-state index contributed by atoms with van der Waals surface area (Å²) in [5.41, 5.74) is 3.10. The lowest BCUT2D eigenvalue weighted by molar-refractivity contribution is -0.0963. The van der Waals surface area contributed by atoms with E-state index in [1.165, 1.54) is 11.6 Å². The minimum Gasteiger partial charge on any atom is -0.368 e. The minimum atomic E-state index is -0.448. The smallest absolute Gasteiger partial charge is 0.254 e. The first kappa shape index (κ1) is 19.8. The van der Waals surface area contributed by atoms with Gasteiger partial charge in [0.15, 0.2) is 0 Å². The molecule has 7 heteroatoms. The molecule has 0 saturated carbocycles. The summed E-state index contributed by atoms with van der Waals surface area (Å²) < 4.78 is 9.82. The van der Waals surface area contributed by atoms with E-state index in [0.717, 1.165) is 17.8 Å². The minimum absolute atomic E-state index is 0.0962. The number of hydrogen-bond acceptors (Lipinski definition) is 4. The summed E-state index contributed by atoms with van der Waals surface area (Å²) >= 11 is 0. The van der Waals surface area contributed by atoms with Crippen molar-refractivity contribution in [2.24, 2.45) is 0 Å². The molecule has 160 valence electrons. The van der Waals surface area contributed by atoms with Crippen molar-refractivity contribution in [3.05, 3.63) is 82.0 Å². The fraction of sp³-hybridized carbons (Fsp3) is 0.375. The zero-order valence-corrected chi connectivity index (χ0v) is 17.7. The summed E-state index contributed by atoms with van der Waals surface area (Å²) in [7, 11) is 0. The molecule has 0 bridgehead atoms. The molecule has 0 N–H and O–H groups in total. The molecular formula is C24H26N4O3. The van der Waals surface area contributed by atoms with E-state index in [1.54, 1.807) is 16.8 Å². The fourth-order valence-electron chi connectivity index (χ4n) is 4.65. The third-order valence-corrected chi connectivity index (χ3v) is 6.43. The van der Waals surface area contributed by atoms with E-state index in [0.29, 0.717) is 44.6 Å². The summed E-state index contributed by atoms with van der Waals surface area (Å²) in [6.07, 6.45) is 6.04. The Morgan fingerprint density at radius 2 is 1.94 bits per heavy atom. The number of para-hydroxylation sites is 1.